The van der Waals surface area contributed by atoms with Crippen LogP contribution in [0.15, 0.2) is 41.5 Å². The molecule has 1 fully saturated rings. The van der Waals surface area contributed by atoms with Crippen molar-refractivity contribution in [2.45, 2.75) is 26.3 Å². The van der Waals surface area contributed by atoms with Crippen LogP contribution in [0, 0.1) is 5.92 Å². The Kier molecular flexibility index (Phi) is 6.08. The van der Waals surface area contributed by atoms with E-state index in [4.69, 9.17) is 10.5 Å². The van der Waals surface area contributed by atoms with Crippen LogP contribution in [0.5, 0.6) is 5.75 Å². The molecule has 148 valence electrons. The average molecular weight is 384 g/mol. The molecule has 8 heteroatoms. The van der Waals surface area contributed by atoms with Crippen molar-refractivity contribution in [3.63, 3.8) is 0 Å². The van der Waals surface area contributed by atoms with E-state index in [0.717, 1.165) is 11.3 Å². The average Bonchev–Trinajstić information content (AvgIpc) is 2.70. The summed E-state index contributed by atoms with van der Waals surface area (Å²) in [6.45, 7) is 3.37. The third-order valence-corrected chi connectivity index (χ3v) is 4.90. The number of amides is 2. The van der Waals surface area contributed by atoms with Crippen LogP contribution < -0.4 is 16.0 Å². The Morgan fingerprint density at radius 2 is 1.89 bits per heavy atom. The van der Waals surface area contributed by atoms with Crippen molar-refractivity contribution >= 4 is 11.8 Å². The molecule has 28 heavy (non-hydrogen) atoms. The van der Waals surface area contributed by atoms with E-state index in [0.29, 0.717) is 38.2 Å². The zero-order chi connectivity index (χ0) is 20.1. The van der Waals surface area contributed by atoms with Crippen molar-refractivity contribution in [2.24, 2.45) is 11.7 Å². The number of carbonyl (C=O) groups is 2. The quantitative estimate of drug-likeness (QED) is 0.800. The molecule has 0 radical (unpaired) electrons. The predicted molar refractivity (Wildman–Crippen MR) is 104 cm³/mol. The van der Waals surface area contributed by atoms with Crippen LogP contribution in [-0.2, 0) is 16.1 Å². The molecule has 0 bridgehead atoms. The van der Waals surface area contributed by atoms with Gasteiger partial charge in [-0.3, -0.25) is 19.0 Å². The number of benzene rings is 1. The number of nitrogens with two attached hydrogens (primary N) is 1. The lowest BCUT2D eigenvalue weighted by Crippen LogP contribution is -2.43. The first-order chi connectivity index (χ1) is 13.5. The van der Waals surface area contributed by atoms with Gasteiger partial charge < -0.3 is 15.4 Å². The monoisotopic (exact) mass is 384 g/mol. The first kappa shape index (κ1) is 19.6. The highest BCUT2D eigenvalue weighted by atomic mass is 16.5. The maximum Gasteiger partial charge on any atom is 0.254 e. The summed E-state index contributed by atoms with van der Waals surface area (Å²) in [6, 6.07) is 8.75. The summed E-state index contributed by atoms with van der Waals surface area (Å²) in [4.78, 5) is 42.1. The van der Waals surface area contributed by atoms with Crippen molar-refractivity contribution < 1.29 is 14.3 Å². The second-order valence-electron chi connectivity index (χ2n) is 6.76. The largest absolute Gasteiger partial charge is 0.494 e. The van der Waals surface area contributed by atoms with Gasteiger partial charge in [-0.15, -0.1) is 0 Å². The molecule has 2 aromatic rings. The Morgan fingerprint density at radius 1 is 1.21 bits per heavy atom. The Balaban J connectivity index is 1.65. The van der Waals surface area contributed by atoms with Crippen LogP contribution in [0.1, 0.15) is 19.8 Å². The molecule has 0 spiro atoms. The highest BCUT2D eigenvalue weighted by Gasteiger charge is 2.26. The van der Waals surface area contributed by atoms with Gasteiger partial charge in [0.25, 0.3) is 5.56 Å². The third-order valence-electron chi connectivity index (χ3n) is 4.90. The zero-order valence-electron chi connectivity index (χ0n) is 15.8. The number of aromatic nitrogens is 2. The lowest BCUT2D eigenvalue weighted by atomic mass is 9.96. The van der Waals surface area contributed by atoms with Gasteiger partial charge in [-0.25, -0.2) is 4.98 Å². The van der Waals surface area contributed by atoms with E-state index >= 15 is 0 Å². The predicted octanol–water partition coefficient (Wildman–Crippen LogP) is 1.03. The van der Waals surface area contributed by atoms with Crippen molar-refractivity contribution in [1.82, 2.24) is 14.5 Å². The van der Waals surface area contributed by atoms with E-state index in [-0.39, 0.29) is 29.8 Å². The maximum atomic E-state index is 12.5. The van der Waals surface area contributed by atoms with Crippen molar-refractivity contribution in [2.75, 3.05) is 19.7 Å². The van der Waals surface area contributed by atoms with Crippen LogP contribution in [-0.4, -0.2) is 46.0 Å². The summed E-state index contributed by atoms with van der Waals surface area (Å²) in [7, 11) is 0. The molecule has 1 aromatic carbocycles. The number of rotatable bonds is 6. The fourth-order valence-electron chi connectivity index (χ4n) is 3.25. The Labute approximate surface area is 162 Å². The van der Waals surface area contributed by atoms with Crippen LogP contribution in [0.2, 0.25) is 0 Å². The molecule has 2 N–H and O–H groups in total. The van der Waals surface area contributed by atoms with Crippen LogP contribution in [0.3, 0.4) is 0 Å². The molecule has 2 heterocycles. The minimum absolute atomic E-state index is 0.0728. The number of hydrogen-bond acceptors (Lipinski definition) is 5. The summed E-state index contributed by atoms with van der Waals surface area (Å²) >= 11 is 0. The van der Waals surface area contributed by atoms with Crippen LogP contribution >= 0.6 is 0 Å². The van der Waals surface area contributed by atoms with Crippen LogP contribution in [0.4, 0.5) is 0 Å². The van der Waals surface area contributed by atoms with Gasteiger partial charge in [0.15, 0.2) is 0 Å². The molecule has 2 amide bonds. The summed E-state index contributed by atoms with van der Waals surface area (Å²) in [5.74, 6) is 0.0881. The Hall–Kier alpha value is -3.16. The van der Waals surface area contributed by atoms with E-state index in [9.17, 15) is 14.4 Å². The van der Waals surface area contributed by atoms with Gasteiger partial charge in [-0.1, -0.05) is 0 Å². The normalized spacial score (nSPS) is 14.7. The number of nitrogens with zero attached hydrogens (tertiary/aromatic N) is 3. The molecule has 1 aliphatic heterocycles. The van der Waals surface area contributed by atoms with Gasteiger partial charge >= 0.3 is 0 Å². The smallest absolute Gasteiger partial charge is 0.254 e. The molecular formula is C20H24N4O4. The van der Waals surface area contributed by atoms with Crippen LogP contribution in [0.25, 0.3) is 11.3 Å². The summed E-state index contributed by atoms with van der Waals surface area (Å²) in [6.07, 6.45) is 2.51. The molecule has 1 aliphatic rings. The fraction of sp³-hybridized carbons (Fsp3) is 0.400. The Bertz CT molecular complexity index is 899. The third kappa shape index (κ3) is 4.57. The number of likely N-dealkylation sites (tertiary alicyclic amines) is 1. The van der Waals surface area contributed by atoms with E-state index in [1.54, 1.807) is 4.90 Å². The minimum Gasteiger partial charge on any atom is -0.494 e. The number of carbonyl (C=O) groups excluding carboxylic acids is 2. The van der Waals surface area contributed by atoms with E-state index in [1.807, 2.05) is 31.2 Å². The van der Waals surface area contributed by atoms with Gasteiger partial charge in [-0.05, 0) is 44.0 Å². The molecular weight excluding hydrogens is 360 g/mol. The SMILES string of the molecule is CCOc1ccc(-c2cc(=O)n(CC(=O)N3CCC(C(N)=O)CC3)cn2)cc1. The zero-order valence-corrected chi connectivity index (χ0v) is 15.8. The summed E-state index contributed by atoms with van der Waals surface area (Å²) < 4.78 is 6.70. The molecule has 0 atom stereocenters. The molecule has 8 nitrogen and oxygen atoms in total. The molecule has 1 aromatic heterocycles. The highest BCUT2D eigenvalue weighted by molar-refractivity contribution is 5.78. The van der Waals surface area contributed by atoms with Gasteiger partial charge in [0.05, 0.1) is 18.6 Å². The number of piperidine rings is 1. The minimum atomic E-state index is -0.322. The van der Waals surface area contributed by atoms with Gasteiger partial charge in [0, 0.05) is 30.6 Å². The van der Waals surface area contributed by atoms with Gasteiger partial charge in [-0.2, -0.15) is 0 Å². The number of primary amides is 1. The first-order valence-electron chi connectivity index (χ1n) is 9.34. The number of hydrogen-bond donors (Lipinski definition) is 1. The van der Waals surface area contributed by atoms with Crippen molar-refractivity contribution in [3.8, 4) is 17.0 Å². The molecule has 0 saturated carbocycles. The first-order valence-corrected chi connectivity index (χ1v) is 9.34. The summed E-state index contributed by atoms with van der Waals surface area (Å²) in [5.41, 5.74) is 6.36. The lowest BCUT2D eigenvalue weighted by Gasteiger charge is -2.30. The fourth-order valence-corrected chi connectivity index (χ4v) is 3.25. The van der Waals surface area contributed by atoms with Crippen molar-refractivity contribution in [1.29, 1.82) is 0 Å². The number of ether oxygens (including phenoxy) is 1. The van der Waals surface area contributed by atoms with E-state index in [1.165, 1.54) is 17.0 Å². The van der Waals surface area contributed by atoms with E-state index < -0.39 is 0 Å². The topological polar surface area (TPSA) is 108 Å². The highest BCUT2D eigenvalue weighted by Crippen LogP contribution is 2.20. The molecule has 0 aliphatic carbocycles. The standard InChI is InChI=1S/C20H24N4O4/c1-2-28-16-5-3-14(4-6-16)17-11-18(25)24(13-22-17)12-19(26)23-9-7-15(8-10-23)20(21)27/h3-6,11,13,15H,2,7-10,12H2,1H3,(H2,21,27). The second-order valence-corrected chi connectivity index (χ2v) is 6.76. The molecule has 3 rings (SSSR count). The van der Waals surface area contributed by atoms with Crippen molar-refractivity contribution in [3.05, 3.63) is 47.0 Å². The second kappa shape index (κ2) is 8.69. The van der Waals surface area contributed by atoms with Gasteiger partial charge in [0.2, 0.25) is 11.8 Å². The molecule has 0 unspecified atom stereocenters. The lowest BCUT2D eigenvalue weighted by molar-refractivity contribution is -0.135. The van der Waals surface area contributed by atoms with Gasteiger partial charge in [0.1, 0.15) is 12.3 Å². The Morgan fingerprint density at radius 3 is 2.46 bits per heavy atom. The summed E-state index contributed by atoms with van der Waals surface area (Å²) in [5, 5.41) is 0. The maximum absolute atomic E-state index is 12.5. The van der Waals surface area contributed by atoms with E-state index in [2.05, 4.69) is 4.98 Å². The molecule has 1 saturated heterocycles.